The van der Waals surface area contributed by atoms with Gasteiger partial charge < -0.3 is 31.9 Å². The van der Waals surface area contributed by atoms with Crippen molar-refractivity contribution in [1.82, 2.24) is 31.9 Å². The second-order valence-electron chi connectivity index (χ2n) is 26.2. The third kappa shape index (κ3) is 18.6. The lowest BCUT2D eigenvalue weighted by Crippen LogP contribution is -2.55. The Morgan fingerprint density at radius 1 is 0.459 bits per heavy atom. The van der Waals surface area contributed by atoms with Gasteiger partial charge >= 0.3 is 0 Å². The van der Waals surface area contributed by atoms with Crippen molar-refractivity contribution in [2.45, 2.75) is 244 Å². The fourth-order valence-electron chi connectivity index (χ4n) is 15.2. The molecule has 8 saturated carbocycles. The van der Waals surface area contributed by atoms with E-state index in [0.717, 1.165) is 108 Å². The molecule has 8 aliphatic rings. The van der Waals surface area contributed by atoms with Crippen molar-refractivity contribution in [3.63, 3.8) is 0 Å². The maximum atomic E-state index is 14.0. The zero-order valence-electron chi connectivity index (χ0n) is 46.7. The molecule has 8 aliphatic carbocycles. The molecule has 8 bridgehead atoms. The molecule has 6 amide bonds. The number of unbranched alkanes of at least 4 members (excludes halogenated alkanes) is 6. The van der Waals surface area contributed by atoms with Crippen LogP contribution in [0.5, 0.6) is 0 Å². The Balaban J connectivity index is 0.794. The van der Waals surface area contributed by atoms with Gasteiger partial charge in [-0.2, -0.15) is 0 Å². The SMILES string of the molecule is CC(C)C[C@@H](/C=C/S(=O)(=O)C12CC3CC(CC(C3)C1)C2)NC(=O)[C@H](CC(C)C)NC(=O)[C@H](CC(C)C)NC(=O)CCCCCNC(=O)CCCCCNC(=O)CCCCCNC(=O)CC12CC3CC(CC(C3)C1)C2. The van der Waals surface area contributed by atoms with Gasteiger partial charge in [-0.05, 0) is 194 Å². The summed E-state index contributed by atoms with van der Waals surface area (Å²) in [6.07, 6.45) is 25.6. The van der Waals surface area contributed by atoms with Crippen LogP contribution in [0.2, 0.25) is 0 Å². The predicted molar refractivity (Wildman–Crippen MR) is 293 cm³/mol. The summed E-state index contributed by atoms with van der Waals surface area (Å²) in [6.45, 7) is 13.8. The number of rotatable bonds is 34. The number of carbonyl (C=O) groups is 6. The highest BCUT2D eigenvalue weighted by Crippen LogP contribution is 2.61. The predicted octanol–water partition coefficient (Wildman–Crippen LogP) is 9.11. The van der Waals surface area contributed by atoms with Crippen molar-refractivity contribution >= 4 is 45.3 Å². The van der Waals surface area contributed by atoms with Gasteiger partial charge in [0.25, 0.3) is 0 Å². The van der Waals surface area contributed by atoms with Crippen LogP contribution in [0.15, 0.2) is 11.5 Å². The lowest BCUT2D eigenvalue weighted by atomic mass is 9.49. The lowest BCUT2D eigenvalue weighted by molar-refractivity contribution is -0.132. The number of hydrogen-bond donors (Lipinski definition) is 6. The van der Waals surface area contributed by atoms with Gasteiger partial charge in [-0.25, -0.2) is 8.42 Å². The van der Waals surface area contributed by atoms with Crippen molar-refractivity contribution < 1.29 is 37.2 Å². The number of nitrogens with one attached hydrogen (secondary N) is 6. The molecule has 0 aromatic heterocycles. The summed E-state index contributed by atoms with van der Waals surface area (Å²) in [6, 6.07) is -2.20. The highest BCUT2D eigenvalue weighted by atomic mass is 32.2. The summed E-state index contributed by atoms with van der Waals surface area (Å²) >= 11 is 0. The average molecular weight is 1050 g/mol. The molecule has 0 aliphatic heterocycles. The molecule has 8 rings (SSSR count). The van der Waals surface area contributed by atoms with E-state index in [1.54, 1.807) is 6.08 Å². The first kappa shape index (κ1) is 59.7. The monoisotopic (exact) mass is 1050 g/mol. The quantitative estimate of drug-likeness (QED) is 0.0342. The van der Waals surface area contributed by atoms with Crippen LogP contribution in [-0.4, -0.2) is 86.4 Å². The minimum Gasteiger partial charge on any atom is -0.356 e. The summed E-state index contributed by atoms with van der Waals surface area (Å²) in [5.41, 5.74) is 0.272. The van der Waals surface area contributed by atoms with Crippen molar-refractivity contribution in [2.75, 3.05) is 19.6 Å². The van der Waals surface area contributed by atoms with Crippen molar-refractivity contribution in [1.29, 1.82) is 0 Å². The summed E-state index contributed by atoms with van der Waals surface area (Å²) in [7, 11) is -3.54. The molecule has 0 spiro atoms. The third-order valence-corrected chi connectivity index (χ3v) is 20.0. The minimum absolute atomic E-state index is 0.00461. The van der Waals surface area contributed by atoms with E-state index in [4.69, 9.17) is 0 Å². The van der Waals surface area contributed by atoms with Crippen LogP contribution >= 0.6 is 0 Å². The number of sulfone groups is 1. The zero-order chi connectivity index (χ0) is 53.5. The van der Waals surface area contributed by atoms with Crippen LogP contribution < -0.4 is 31.9 Å². The summed E-state index contributed by atoms with van der Waals surface area (Å²) < 4.78 is 27.3. The van der Waals surface area contributed by atoms with Gasteiger partial charge in [-0.15, -0.1) is 0 Å². The van der Waals surface area contributed by atoms with Crippen molar-refractivity contribution in [2.24, 2.45) is 58.7 Å². The van der Waals surface area contributed by atoms with Gasteiger partial charge in [0.2, 0.25) is 35.4 Å². The Morgan fingerprint density at radius 2 is 0.838 bits per heavy atom. The Morgan fingerprint density at radius 3 is 1.27 bits per heavy atom. The summed E-state index contributed by atoms with van der Waals surface area (Å²) in [5.74, 6) is 3.67. The van der Waals surface area contributed by atoms with Crippen LogP contribution in [0, 0.1) is 58.7 Å². The number of amides is 6. The Labute approximate surface area is 446 Å². The summed E-state index contributed by atoms with van der Waals surface area (Å²) in [4.78, 5) is 78.5. The maximum Gasteiger partial charge on any atom is 0.243 e. The van der Waals surface area contributed by atoms with E-state index >= 15 is 0 Å². The van der Waals surface area contributed by atoms with E-state index in [-0.39, 0.29) is 59.1 Å². The molecular weight excluding hydrogens is 953 g/mol. The van der Waals surface area contributed by atoms with Crippen molar-refractivity contribution in [3.05, 3.63) is 11.5 Å². The fourth-order valence-corrected chi connectivity index (χ4v) is 17.3. The van der Waals surface area contributed by atoms with Gasteiger partial charge in [0.05, 0.1) is 4.75 Å². The van der Waals surface area contributed by atoms with Crippen LogP contribution in [0.25, 0.3) is 0 Å². The molecule has 15 heteroatoms. The normalized spacial score (nSPS) is 27.9. The maximum absolute atomic E-state index is 14.0. The molecule has 0 radical (unpaired) electrons. The third-order valence-electron chi connectivity index (χ3n) is 17.7. The Hall–Kier alpha value is -3.49. The Kier molecular flexibility index (Phi) is 22.8. The van der Waals surface area contributed by atoms with E-state index in [9.17, 15) is 37.2 Å². The molecular formula is C59H100N6O8S. The zero-order valence-corrected chi connectivity index (χ0v) is 47.5. The number of carbonyl (C=O) groups excluding carboxylic acids is 6. The van der Waals surface area contributed by atoms with Crippen LogP contribution in [0.4, 0.5) is 0 Å². The molecule has 0 aromatic rings. The Bertz CT molecular complexity index is 1950. The topological polar surface area (TPSA) is 209 Å². The fraction of sp³-hybridized carbons (Fsp3) is 0.864. The molecule has 0 aromatic carbocycles. The molecule has 3 atom stereocenters. The highest BCUT2D eigenvalue weighted by Gasteiger charge is 2.57. The second-order valence-corrected chi connectivity index (χ2v) is 28.5. The molecule has 0 heterocycles. The molecule has 6 N–H and O–H groups in total. The van der Waals surface area contributed by atoms with Crippen LogP contribution in [0.3, 0.4) is 0 Å². The first-order valence-electron chi connectivity index (χ1n) is 29.8. The molecule has 14 nitrogen and oxygen atoms in total. The van der Waals surface area contributed by atoms with Gasteiger partial charge in [0.1, 0.15) is 12.1 Å². The van der Waals surface area contributed by atoms with Gasteiger partial charge in [-0.1, -0.05) is 66.9 Å². The van der Waals surface area contributed by atoms with Gasteiger partial charge in [-0.3, -0.25) is 28.8 Å². The average Bonchev–Trinajstić information content (AvgIpc) is 3.29. The van der Waals surface area contributed by atoms with E-state index in [0.29, 0.717) is 82.3 Å². The van der Waals surface area contributed by atoms with E-state index in [1.807, 2.05) is 41.5 Å². The second kappa shape index (κ2) is 28.2. The highest BCUT2D eigenvalue weighted by molar-refractivity contribution is 7.95. The van der Waals surface area contributed by atoms with Crippen molar-refractivity contribution in [3.8, 4) is 0 Å². The lowest BCUT2D eigenvalue weighted by Gasteiger charge is -2.56. The van der Waals surface area contributed by atoms with Crippen LogP contribution in [-0.2, 0) is 38.6 Å². The standard InChI is InChI=1S/C59H100N6O8S/c1-40(2)24-49(19-23-74(72,73)59-36-46-30-47(37-59)32-48(31-46)38-59)63-56(70)51(26-42(5)6)65-57(71)50(25-41(3)4)64-54(68)18-12-9-14-21-61-52(66)16-10-7-13-20-60-53(67)17-11-8-15-22-62-55(69)39-58-33-43-27-44(34-58)29-45(28-43)35-58/h19,23,40-51H,7-18,20-22,24-39H2,1-6H3,(H,60,67)(H,61,66)(H,62,69)(H,63,70)(H,64,68)(H,65,71)/b23-19+/t43?,44?,45?,46?,47?,48?,49-,50+,51+,58?,59?/m1/s1. The largest absolute Gasteiger partial charge is 0.356 e. The molecule has 0 saturated heterocycles. The van der Waals surface area contributed by atoms with E-state index in [1.165, 1.54) is 43.9 Å². The van der Waals surface area contributed by atoms with E-state index < -0.39 is 38.6 Å². The smallest absolute Gasteiger partial charge is 0.243 e. The van der Waals surface area contributed by atoms with Gasteiger partial charge in [0.15, 0.2) is 9.84 Å². The summed E-state index contributed by atoms with van der Waals surface area (Å²) in [5, 5.41) is 19.5. The molecule has 0 unspecified atom stereocenters. The molecule has 8 fully saturated rings. The first-order chi connectivity index (χ1) is 35.2. The van der Waals surface area contributed by atoms with Crippen LogP contribution in [0.1, 0.15) is 221 Å². The van der Waals surface area contributed by atoms with Gasteiger partial charge in [0, 0.05) is 56.8 Å². The minimum atomic E-state index is -3.54. The number of hydrogen-bond acceptors (Lipinski definition) is 8. The molecule has 74 heavy (non-hydrogen) atoms. The molecule has 420 valence electrons. The van der Waals surface area contributed by atoms with E-state index in [2.05, 4.69) is 31.9 Å². The first-order valence-corrected chi connectivity index (χ1v) is 31.4.